The molecule has 1 unspecified atom stereocenters. The molecule has 5 heteroatoms. The van der Waals surface area contributed by atoms with Crippen LogP contribution in [0.3, 0.4) is 0 Å². The Kier molecular flexibility index (Phi) is 8.30. The van der Waals surface area contributed by atoms with Crippen LogP contribution in [0.15, 0.2) is 29.2 Å². The molecule has 3 nitrogen and oxygen atoms in total. The molecular weight excluding hydrogens is 306 g/mol. The van der Waals surface area contributed by atoms with E-state index in [0.717, 1.165) is 24.8 Å². The molecule has 1 aromatic carbocycles. The summed E-state index contributed by atoms with van der Waals surface area (Å²) in [5, 5.41) is 0. The lowest BCUT2D eigenvalue weighted by Crippen LogP contribution is -2.36. The van der Waals surface area contributed by atoms with Crippen LogP contribution in [0.1, 0.15) is 51.0 Å². The van der Waals surface area contributed by atoms with Crippen molar-refractivity contribution >= 4 is 21.6 Å². The van der Waals surface area contributed by atoms with E-state index in [1.165, 1.54) is 19.3 Å². The number of sulfonamides is 1. The van der Waals surface area contributed by atoms with Crippen LogP contribution in [0.4, 0.5) is 0 Å². The van der Waals surface area contributed by atoms with E-state index in [-0.39, 0.29) is 6.04 Å². The molecule has 0 bridgehead atoms. The van der Waals surface area contributed by atoms with Crippen molar-refractivity contribution in [1.29, 1.82) is 0 Å². The van der Waals surface area contributed by atoms with Crippen molar-refractivity contribution in [3.05, 3.63) is 29.8 Å². The van der Waals surface area contributed by atoms with E-state index in [1.54, 1.807) is 24.3 Å². The summed E-state index contributed by atoms with van der Waals surface area (Å²) in [5.74, 6) is 0.304. The van der Waals surface area contributed by atoms with Gasteiger partial charge in [0.1, 0.15) is 0 Å². The van der Waals surface area contributed by atoms with E-state index < -0.39 is 10.0 Å². The number of benzene rings is 1. The summed E-state index contributed by atoms with van der Waals surface area (Å²) in [6.45, 7) is 4.11. The molecule has 1 aromatic rings. The molecule has 0 saturated carbocycles. The van der Waals surface area contributed by atoms with Crippen LogP contribution >= 0.6 is 11.6 Å². The van der Waals surface area contributed by atoms with Crippen molar-refractivity contribution in [2.45, 2.75) is 63.3 Å². The van der Waals surface area contributed by atoms with Gasteiger partial charge in [-0.2, -0.15) is 0 Å². The number of rotatable bonds is 10. The second kappa shape index (κ2) is 9.44. The van der Waals surface area contributed by atoms with Gasteiger partial charge in [0, 0.05) is 11.9 Å². The highest BCUT2D eigenvalue weighted by Crippen LogP contribution is 2.14. The summed E-state index contributed by atoms with van der Waals surface area (Å²) in [6, 6.07) is 6.66. The number of alkyl halides is 1. The third-order valence-corrected chi connectivity index (χ3v) is 5.40. The van der Waals surface area contributed by atoms with E-state index in [4.69, 9.17) is 11.6 Å². The molecule has 0 aliphatic heterocycles. The summed E-state index contributed by atoms with van der Waals surface area (Å²) < 4.78 is 27.3. The summed E-state index contributed by atoms with van der Waals surface area (Å²) in [5.41, 5.74) is 1.04. The SMILES string of the molecule is CCCCCCCC(CCl)NS(=O)(=O)c1ccc(C)cc1. The first-order valence-corrected chi connectivity index (χ1v) is 9.66. The molecule has 0 saturated heterocycles. The first-order chi connectivity index (χ1) is 9.99. The fourth-order valence-corrected chi connectivity index (χ4v) is 3.76. The molecule has 1 atom stereocenters. The fraction of sp³-hybridized carbons (Fsp3) is 0.625. The summed E-state index contributed by atoms with van der Waals surface area (Å²) in [6.07, 6.45) is 6.58. The number of halogens is 1. The standard InChI is InChI=1S/C16H26ClNO2S/c1-3-4-5-6-7-8-15(13-17)18-21(19,20)16-11-9-14(2)10-12-16/h9-12,15,18H,3-8,13H2,1-2H3. The van der Waals surface area contributed by atoms with Crippen molar-refractivity contribution in [2.75, 3.05) is 5.88 Å². The highest BCUT2D eigenvalue weighted by molar-refractivity contribution is 7.89. The maximum Gasteiger partial charge on any atom is 0.240 e. The van der Waals surface area contributed by atoms with Crippen LogP contribution in [0.2, 0.25) is 0 Å². The Morgan fingerprint density at radius 3 is 2.29 bits per heavy atom. The molecule has 0 aliphatic rings. The van der Waals surface area contributed by atoms with Crippen molar-refractivity contribution < 1.29 is 8.42 Å². The number of hydrogen-bond acceptors (Lipinski definition) is 2. The smallest absolute Gasteiger partial charge is 0.207 e. The maximum atomic E-state index is 12.3. The molecule has 0 aromatic heterocycles. The average Bonchev–Trinajstić information content (AvgIpc) is 2.46. The molecule has 0 amide bonds. The van der Waals surface area contributed by atoms with Crippen molar-refractivity contribution in [3.8, 4) is 0 Å². The van der Waals surface area contributed by atoms with Crippen molar-refractivity contribution in [1.82, 2.24) is 4.72 Å². The van der Waals surface area contributed by atoms with Crippen LogP contribution in [0.5, 0.6) is 0 Å². The molecule has 1 rings (SSSR count). The van der Waals surface area contributed by atoms with E-state index >= 15 is 0 Å². The largest absolute Gasteiger partial charge is 0.240 e. The van der Waals surface area contributed by atoms with Gasteiger partial charge in [-0.3, -0.25) is 0 Å². The lowest BCUT2D eigenvalue weighted by molar-refractivity contribution is 0.520. The Morgan fingerprint density at radius 2 is 1.71 bits per heavy atom. The molecule has 21 heavy (non-hydrogen) atoms. The lowest BCUT2D eigenvalue weighted by Gasteiger charge is -2.16. The first kappa shape index (κ1) is 18.5. The van der Waals surface area contributed by atoms with E-state index in [9.17, 15) is 8.42 Å². The highest BCUT2D eigenvalue weighted by atomic mass is 35.5. The van der Waals surface area contributed by atoms with Crippen LogP contribution < -0.4 is 4.72 Å². The number of aryl methyl sites for hydroxylation is 1. The van der Waals surface area contributed by atoms with E-state index in [0.29, 0.717) is 10.8 Å². The minimum absolute atomic E-state index is 0.195. The number of hydrogen-bond donors (Lipinski definition) is 1. The van der Waals surface area contributed by atoms with Crippen LogP contribution in [0, 0.1) is 6.92 Å². The first-order valence-electron chi connectivity index (χ1n) is 7.64. The number of nitrogens with one attached hydrogen (secondary N) is 1. The molecular formula is C16H26ClNO2S. The molecule has 0 radical (unpaired) electrons. The lowest BCUT2D eigenvalue weighted by atomic mass is 10.1. The van der Waals surface area contributed by atoms with Gasteiger partial charge >= 0.3 is 0 Å². The van der Waals surface area contributed by atoms with Gasteiger partial charge in [0.15, 0.2) is 0 Å². The van der Waals surface area contributed by atoms with Gasteiger partial charge in [-0.05, 0) is 25.5 Å². The Bertz CT molecular complexity index is 500. The highest BCUT2D eigenvalue weighted by Gasteiger charge is 2.19. The topological polar surface area (TPSA) is 46.2 Å². The Labute approximate surface area is 134 Å². The van der Waals surface area contributed by atoms with Crippen LogP contribution in [-0.2, 0) is 10.0 Å². The van der Waals surface area contributed by atoms with Gasteiger partial charge < -0.3 is 0 Å². The predicted octanol–water partition coefficient (Wildman–Crippen LogP) is 4.24. The van der Waals surface area contributed by atoms with E-state index in [2.05, 4.69) is 11.6 Å². The Morgan fingerprint density at radius 1 is 1.10 bits per heavy atom. The molecule has 0 fully saturated rings. The quantitative estimate of drug-likeness (QED) is 0.515. The zero-order valence-electron chi connectivity index (χ0n) is 12.9. The normalized spacial score (nSPS) is 13.3. The summed E-state index contributed by atoms with van der Waals surface area (Å²) in [7, 11) is -3.47. The monoisotopic (exact) mass is 331 g/mol. The van der Waals surface area contributed by atoms with Gasteiger partial charge in [-0.15, -0.1) is 11.6 Å². The second-order valence-electron chi connectivity index (χ2n) is 5.49. The summed E-state index contributed by atoms with van der Waals surface area (Å²) in [4.78, 5) is 0.300. The van der Waals surface area contributed by atoms with Crippen LogP contribution in [0.25, 0.3) is 0 Å². The molecule has 0 spiro atoms. The molecule has 120 valence electrons. The van der Waals surface area contributed by atoms with Gasteiger partial charge in [-0.25, -0.2) is 13.1 Å². The van der Waals surface area contributed by atoms with Crippen molar-refractivity contribution in [2.24, 2.45) is 0 Å². The van der Waals surface area contributed by atoms with Crippen LogP contribution in [-0.4, -0.2) is 20.3 Å². The minimum Gasteiger partial charge on any atom is -0.207 e. The molecule has 1 N–H and O–H groups in total. The van der Waals surface area contributed by atoms with Gasteiger partial charge in [-0.1, -0.05) is 56.7 Å². The van der Waals surface area contributed by atoms with Gasteiger partial charge in [0.05, 0.1) is 4.90 Å². The van der Waals surface area contributed by atoms with Gasteiger partial charge in [0.25, 0.3) is 0 Å². The molecule has 0 aliphatic carbocycles. The average molecular weight is 332 g/mol. The number of unbranched alkanes of at least 4 members (excludes halogenated alkanes) is 4. The predicted molar refractivity (Wildman–Crippen MR) is 89.4 cm³/mol. The third kappa shape index (κ3) is 6.81. The Balaban J connectivity index is 2.53. The van der Waals surface area contributed by atoms with Gasteiger partial charge in [0.2, 0.25) is 10.0 Å². The van der Waals surface area contributed by atoms with E-state index in [1.807, 2.05) is 6.92 Å². The minimum atomic E-state index is -3.47. The summed E-state index contributed by atoms with van der Waals surface area (Å²) >= 11 is 5.90. The zero-order valence-corrected chi connectivity index (χ0v) is 14.5. The van der Waals surface area contributed by atoms with Crippen molar-refractivity contribution in [3.63, 3.8) is 0 Å². The Hall–Kier alpha value is -0.580. The zero-order chi connectivity index (χ0) is 15.7. The fourth-order valence-electron chi connectivity index (χ4n) is 2.17. The third-order valence-electron chi connectivity index (χ3n) is 3.50. The maximum absolute atomic E-state index is 12.3. The second-order valence-corrected chi connectivity index (χ2v) is 7.51. The molecule has 0 heterocycles.